The molecule has 1 aromatic heterocycles. The molecular formula is C13H13FN4O2. The third-order valence-electron chi connectivity index (χ3n) is 3.24. The monoisotopic (exact) mass is 276 g/mol. The summed E-state index contributed by atoms with van der Waals surface area (Å²) < 4.78 is 14.7. The molecule has 1 unspecified atom stereocenters. The van der Waals surface area contributed by atoms with Crippen molar-refractivity contribution in [2.75, 3.05) is 11.9 Å². The average molecular weight is 276 g/mol. The zero-order chi connectivity index (χ0) is 14.1. The van der Waals surface area contributed by atoms with E-state index in [4.69, 9.17) is 5.11 Å². The molecule has 0 bridgehead atoms. The molecule has 0 aliphatic carbocycles. The Morgan fingerprint density at radius 3 is 2.90 bits per heavy atom. The number of halogens is 1. The van der Waals surface area contributed by atoms with Crippen LogP contribution in [-0.2, 0) is 11.2 Å². The summed E-state index contributed by atoms with van der Waals surface area (Å²) >= 11 is 0. The number of nitrogens with one attached hydrogen (secondary N) is 1. The van der Waals surface area contributed by atoms with Gasteiger partial charge in [-0.15, -0.1) is 0 Å². The van der Waals surface area contributed by atoms with Gasteiger partial charge in [-0.05, 0) is 24.1 Å². The van der Waals surface area contributed by atoms with Gasteiger partial charge in [0, 0.05) is 6.54 Å². The fourth-order valence-corrected chi connectivity index (χ4v) is 2.35. The molecule has 1 aliphatic rings. The largest absolute Gasteiger partial charge is 0.481 e. The van der Waals surface area contributed by atoms with Crippen molar-refractivity contribution < 1.29 is 14.3 Å². The molecule has 1 aromatic carbocycles. The minimum Gasteiger partial charge on any atom is -0.481 e. The molecule has 2 aromatic rings. The predicted octanol–water partition coefficient (Wildman–Crippen LogP) is 1.45. The molecule has 0 saturated carbocycles. The number of hydrogen-bond donors (Lipinski definition) is 2. The van der Waals surface area contributed by atoms with E-state index in [1.165, 1.54) is 12.1 Å². The normalized spacial score (nSPS) is 17.4. The summed E-state index contributed by atoms with van der Waals surface area (Å²) in [4.78, 5) is 14.9. The summed E-state index contributed by atoms with van der Waals surface area (Å²) in [6.45, 7) is 0.716. The lowest BCUT2D eigenvalue weighted by Gasteiger charge is -2.24. The summed E-state index contributed by atoms with van der Waals surface area (Å²) in [5.74, 6) is -0.421. The lowest BCUT2D eigenvalue weighted by Crippen LogP contribution is -2.24. The number of benzene rings is 1. The maximum Gasteiger partial charge on any atom is 0.311 e. The Kier molecular flexibility index (Phi) is 3.09. The number of hydrogen-bond acceptors (Lipinski definition) is 4. The Morgan fingerprint density at radius 1 is 1.45 bits per heavy atom. The summed E-state index contributed by atoms with van der Waals surface area (Å²) in [5.41, 5.74) is 0.931. The maximum absolute atomic E-state index is 13.0. The highest BCUT2D eigenvalue weighted by Crippen LogP contribution is 2.28. The molecular weight excluding hydrogens is 263 g/mol. The molecule has 1 atom stereocenters. The Balaban J connectivity index is 1.94. The highest BCUT2D eigenvalue weighted by atomic mass is 19.1. The van der Waals surface area contributed by atoms with Gasteiger partial charge in [0.15, 0.2) is 5.82 Å². The van der Waals surface area contributed by atoms with E-state index in [9.17, 15) is 9.18 Å². The van der Waals surface area contributed by atoms with Gasteiger partial charge in [0.2, 0.25) is 5.95 Å². The van der Waals surface area contributed by atoms with Crippen LogP contribution in [0.1, 0.15) is 23.9 Å². The predicted molar refractivity (Wildman–Crippen MR) is 69.0 cm³/mol. The number of aromatic nitrogens is 3. The van der Waals surface area contributed by atoms with Crippen LogP contribution in [0.15, 0.2) is 24.3 Å². The molecule has 0 fully saturated rings. The lowest BCUT2D eigenvalue weighted by molar-refractivity contribution is -0.136. The lowest BCUT2D eigenvalue weighted by atomic mass is 10.0. The minimum absolute atomic E-state index is 0.0538. The maximum atomic E-state index is 13.0. The topological polar surface area (TPSA) is 80.0 Å². The Bertz CT molecular complexity index is 638. The van der Waals surface area contributed by atoms with E-state index >= 15 is 0 Å². The third-order valence-corrected chi connectivity index (χ3v) is 3.24. The van der Waals surface area contributed by atoms with Crippen molar-refractivity contribution in [3.05, 3.63) is 41.5 Å². The van der Waals surface area contributed by atoms with Gasteiger partial charge < -0.3 is 10.4 Å². The van der Waals surface area contributed by atoms with Crippen LogP contribution in [0.3, 0.4) is 0 Å². The van der Waals surface area contributed by atoms with E-state index in [1.54, 1.807) is 16.8 Å². The second kappa shape index (κ2) is 4.92. The van der Waals surface area contributed by atoms with Crippen LogP contribution in [0.25, 0.3) is 0 Å². The van der Waals surface area contributed by atoms with Gasteiger partial charge in [-0.2, -0.15) is 10.1 Å². The second-order valence-electron chi connectivity index (χ2n) is 4.65. The van der Waals surface area contributed by atoms with E-state index in [0.29, 0.717) is 12.5 Å². The van der Waals surface area contributed by atoms with E-state index in [2.05, 4.69) is 15.4 Å². The summed E-state index contributed by atoms with van der Waals surface area (Å²) in [6, 6.07) is 6.20. The highest BCUT2D eigenvalue weighted by Gasteiger charge is 2.24. The zero-order valence-corrected chi connectivity index (χ0v) is 10.6. The molecule has 104 valence electrons. The zero-order valence-electron chi connectivity index (χ0n) is 10.6. The van der Waals surface area contributed by atoms with Crippen LogP contribution < -0.4 is 5.32 Å². The van der Waals surface area contributed by atoms with Crippen LogP contribution in [0.5, 0.6) is 0 Å². The average Bonchev–Trinajstić information content (AvgIpc) is 2.80. The molecule has 3 rings (SSSR count). The van der Waals surface area contributed by atoms with Gasteiger partial charge in [-0.3, -0.25) is 4.79 Å². The fraction of sp³-hybridized carbons (Fsp3) is 0.308. The molecule has 7 heteroatoms. The molecule has 6 nitrogen and oxygen atoms in total. The first-order valence-electron chi connectivity index (χ1n) is 6.30. The van der Waals surface area contributed by atoms with Gasteiger partial charge in [0.25, 0.3) is 0 Å². The fourth-order valence-electron chi connectivity index (χ4n) is 2.35. The molecule has 0 amide bonds. The van der Waals surface area contributed by atoms with Gasteiger partial charge >= 0.3 is 5.97 Å². The van der Waals surface area contributed by atoms with Gasteiger partial charge in [-0.1, -0.05) is 12.1 Å². The second-order valence-corrected chi connectivity index (χ2v) is 4.65. The van der Waals surface area contributed by atoms with Crippen molar-refractivity contribution in [1.29, 1.82) is 0 Å². The minimum atomic E-state index is -0.966. The number of carboxylic acid groups (broad SMARTS) is 1. The standard InChI is InChI=1S/C13H13FN4O2/c14-9-3-1-8(2-4-9)10-5-6-15-13-16-11(7-12(19)20)17-18(10)13/h1-4,10H,5-7H2,(H,19,20)(H,15,16,17). The van der Waals surface area contributed by atoms with Crippen molar-refractivity contribution in [2.24, 2.45) is 0 Å². The Labute approximate surface area is 114 Å². The number of rotatable bonds is 3. The molecule has 20 heavy (non-hydrogen) atoms. The van der Waals surface area contributed by atoms with Crippen LogP contribution in [-0.4, -0.2) is 32.4 Å². The number of carboxylic acids is 1. The number of anilines is 1. The quantitative estimate of drug-likeness (QED) is 0.887. The van der Waals surface area contributed by atoms with E-state index < -0.39 is 5.97 Å². The van der Waals surface area contributed by atoms with Crippen LogP contribution in [0, 0.1) is 5.82 Å². The molecule has 1 aliphatic heterocycles. The van der Waals surface area contributed by atoms with Crippen LogP contribution >= 0.6 is 0 Å². The van der Waals surface area contributed by atoms with Crippen molar-refractivity contribution in [2.45, 2.75) is 18.9 Å². The van der Waals surface area contributed by atoms with Crippen LogP contribution in [0.4, 0.5) is 10.3 Å². The summed E-state index contributed by atoms with van der Waals surface area (Å²) in [6.07, 6.45) is 0.576. The Morgan fingerprint density at radius 2 is 2.20 bits per heavy atom. The SMILES string of the molecule is O=C(O)Cc1nc2n(n1)C(c1ccc(F)cc1)CCN2. The highest BCUT2D eigenvalue weighted by molar-refractivity contribution is 5.69. The first kappa shape index (κ1) is 12.6. The molecule has 2 N–H and O–H groups in total. The molecule has 0 saturated heterocycles. The molecule has 0 radical (unpaired) electrons. The van der Waals surface area contributed by atoms with Crippen molar-refractivity contribution in [3.63, 3.8) is 0 Å². The smallest absolute Gasteiger partial charge is 0.311 e. The Hall–Kier alpha value is -2.44. The van der Waals surface area contributed by atoms with E-state index in [1.807, 2.05) is 0 Å². The number of nitrogens with zero attached hydrogens (tertiary/aromatic N) is 3. The number of carbonyl (C=O) groups is 1. The first-order valence-corrected chi connectivity index (χ1v) is 6.30. The first-order chi connectivity index (χ1) is 9.63. The van der Waals surface area contributed by atoms with Crippen molar-refractivity contribution in [1.82, 2.24) is 14.8 Å². The third kappa shape index (κ3) is 2.34. The van der Waals surface area contributed by atoms with E-state index in [0.717, 1.165) is 12.0 Å². The van der Waals surface area contributed by atoms with Crippen LogP contribution in [0.2, 0.25) is 0 Å². The van der Waals surface area contributed by atoms with Gasteiger partial charge in [0.1, 0.15) is 12.2 Å². The van der Waals surface area contributed by atoms with E-state index in [-0.39, 0.29) is 24.1 Å². The van der Waals surface area contributed by atoms with Crippen molar-refractivity contribution in [3.8, 4) is 0 Å². The van der Waals surface area contributed by atoms with Gasteiger partial charge in [0.05, 0.1) is 6.04 Å². The van der Waals surface area contributed by atoms with Crippen molar-refractivity contribution >= 4 is 11.9 Å². The number of fused-ring (bicyclic) bond motifs is 1. The van der Waals surface area contributed by atoms with Gasteiger partial charge in [-0.25, -0.2) is 9.07 Å². The molecule has 2 heterocycles. The molecule has 0 spiro atoms. The summed E-state index contributed by atoms with van der Waals surface area (Å²) in [7, 11) is 0. The number of aliphatic carboxylic acids is 1. The summed E-state index contributed by atoms with van der Waals surface area (Å²) in [5, 5.41) is 16.1.